The molecule has 4 aromatic carbocycles. The van der Waals surface area contributed by atoms with Crippen LogP contribution in [0.25, 0.3) is 17.2 Å². The van der Waals surface area contributed by atoms with E-state index in [1.165, 1.54) is 0 Å². The highest BCUT2D eigenvalue weighted by Crippen LogP contribution is 2.45. The zero-order valence-corrected chi connectivity index (χ0v) is 21.4. The van der Waals surface area contributed by atoms with Crippen molar-refractivity contribution in [3.8, 4) is 11.1 Å². The van der Waals surface area contributed by atoms with Crippen molar-refractivity contribution in [1.29, 1.82) is 0 Å². The van der Waals surface area contributed by atoms with Crippen molar-refractivity contribution in [3.63, 3.8) is 0 Å². The van der Waals surface area contributed by atoms with Crippen molar-refractivity contribution in [1.82, 2.24) is 5.01 Å². The molecule has 1 heterocycles. The lowest BCUT2D eigenvalue weighted by Gasteiger charge is -2.30. The molecule has 2 aliphatic rings. The van der Waals surface area contributed by atoms with Crippen LogP contribution >= 0.6 is 0 Å². The number of carboxylic acid groups (broad SMARTS) is 1. The summed E-state index contributed by atoms with van der Waals surface area (Å²) in [5.74, 6) is -1.18. The second-order valence-electron chi connectivity index (χ2n) is 9.97. The fourth-order valence-electron chi connectivity index (χ4n) is 5.83. The molecule has 0 bridgehead atoms. The minimum atomic E-state index is -1.03. The van der Waals surface area contributed by atoms with Gasteiger partial charge in [-0.3, -0.25) is 4.79 Å². The summed E-state index contributed by atoms with van der Waals surface area (Å²) in [5.41, 5.74) is 5.98. The van der Waals surface area contributed by atoms with Crippen LogP contribution < -0.4 is 0 Å². The van der Waals surface area contributed by atoms with Crippen LogP contribution in [0.15, 0.2) is 120 Å². The van der Waals surface area contributed by atoms with Gasteiger partial charge in [-0.15, -0.1) is 0 Å². The number of aromatic carboxylic acids is 1. The van der Waals surface area contributed by atoms with Crippen molar-refractivity contribution in [2.75, 3.05) is 0 Å². The van der Waals surface area contributed by atoms with Gasteiger partial charge in [0.15, 0.2) is 0 Å². The third kappa shape index (κ3) is 4.68. The van der Waals surface area contributed by atoms with Crippen molar-refractivity contribution in [3.05, 3.63) is 137 Å². The van der Waals surface area contributed by atoms with Gasteiger partial charge in [-0.1, -0.05) is 97.1 Å². The molecule has 0 radical (unpaired) electrons. The van der Waals surface area contributed by atoms with Crippen LogP contribution in [0.1, 0.15) is 57.1 Å². The first kappa shape index (κ1) is 24.6. The summed E-state index contributed by atoms with van der Waals surface area (Å²) < 4.78 is 0. The maximum atomic E-state index is 14.4. The SMILES string of the molecule is O=C(O)c1ccccc1-c1ccccc1C(=O)N1N=C2/C(=C/c3ccccc3)CCC[C@@H]2[C@@H]1c1ccccc1. The van der Waals surface area contributed by atoms with E-state index >= 15 is 0 Å². The molecular weight excluding hydrogens is 484 g/mol. The van der Waals surface area contributed by atoms with Crippen LogP contribution in [0.5, 0.6) is 0 Å². The predicted molar refractivity (Wildman–Crippen MR) is 153 cm³/mol. The number of hydrogen-bond donors (Lipinski definition) is 1. The number of benzene rings is 4. The summed E-state index contributed by atoms with van der Waals surface area (Å²) >= 11 is 0. The van der Waals surface area contributed by atoms with E-state index in [1.54, 1.807) is 35.3 Å². The molecule has 0 spiro atoms. The number of rotatable bonds is 5. The van der Waals surface area contributed by atoms with E-state index in [0.29, 0.717) is 16.7 Å². The lowest BCUT2D eigenvalue weighted by Crippen LogP contribution is -2.32. The number of carboxylic acids is 1. The van der Waals surface area contributed by atoms with Gasteiger partial charge >= 0.3 is 5.97 Å². The van der Waals surface area contributed by atoms with E-state index in [0.717, 1.165) is 41.7 Å². The minimum absolute atomic E-state index is 0.0820. The number of carbonyl (C=O) groups excluding carboxylic acids is 1. The second kappa shape index (κ2) is 10.5. The largest absolute Gasteiger partial charge is 0.478 e. The Labute approximate surface area is 227 Å². The van der Waals surface area contributed by atoms with Crippen LogP contribution in [0, 0.1) is 5.92 Å². The molecule has 39 heavy (non-hydrogen) atoms. The summed E-state index contributed by atoms with van der Waals surface area (Å²) in [6.07, 6.45) is 5.07. The van der Waals surface area contributed by atoms with Crippen LogP contribution in [0.4, 0.5) is 0 Å². The number of nitrogens with zero attached hydrogens (tertiary/aromatic N) is 2. The average molecular weight is 513 g/mol. The van der Waals surface area contributed by atoms with Crippen molar-refractivity contribution in [2.45, 2.75) is 25.3 Å². The Kier molecular flexibility index (Phi) is 6.64. The zero-order chi connectivity index (χ0) is 26.8. The molecule has 1 N–H and O–H groups in total. The van der Waals surface area contributed by atoms with Crippen molar-refractivity contribution >= 4 is 23.7 Å². The van der Waals surface area contributed by atoms with Gasteiger partial charge in [-0.2, -0.15) is 5.10 Å². The summed E-state index contributed by atoms with van der Waals surface area (Å²) in [7, 11) is 0. The van der Waals surface area contributed by atoms with E-state index in [-0.39, 0.29) is 23.4 Å². The van der Waals surface area contributed by atoms with Gasteiger partial charge in [-0.05, 0) is 65.3 Å². The molecule has 4 aromatic rings. The van der Waals surface area contributed by atoms with E-state index < -0.39 is 5.97 Å². The van der Waals surface area contributed by atoms with E-state index in [4.69, 9.17) is 5.10 Å². The number of fused-ring (bicyclic) bond motifs is 1. The number of hydrogen-bond acceptors (Lipinski definition) is 3. The van der Waals surface area contributed by atoms with Gasteiger partial charge in [0.05, 0.1) is 17.3 Å². The van der Waals surface area contributed by atoms with Gasteiger partial charge in [0, 0.05) is 11.5 Å². The molecule has 6 rings (SSSR count). The van der Waals surface area contributed by atoms with Crippen LogP contribution in [-0.4, -0.2) is 27.7 Å². The first-order chi connectivity index (χ1) is 19.1. The normalized spacial score (nSPS) is 19.4. The Morgan fingerprint density at radius 3 is 2.05 bits per heavy atom. The highest BCUT2D eigenvalue weighted by molar-refractivity contribution is 6.10. The Morgan fingerprint density at radius 2 is 1.36 bits per heavy atom. The zero-order valence-electron chi connectivity index (χ0n) is 21.4. The Hall–Kier alpha value is -4.77. The lowest BCUT2D eigenvalue weighted by atomic mass is 9.77. The van der Waals surface area contributed by atoms with E-state index in [1.807, 2.05) is 54.6 Å². The van der Waals surface area contributed by atoms with Gasteiger partial charge < -0.3 is 5.11 Å². The van der Waals surface area contributed by atoms with Crippen LogP contribution in [0.3, 0.4) is 0 Å². The molecule has 1 fully saturated rings. The number of carbonyl (C=O) groups is 2. The summed E-state index contributed by atoms with van der Waals surface area (Å²) in [6.45, 7) is 0. The first-order valence-electron chi connectivity index (χ1n) is 13.3. The molecule has 0 aromatic heterocycles. The maximum Gasteiger partial charge on any atom is 0.336 e. The number of allylic oxidation sites excluding steroid dienone is 1. The summed E-state index contributed by atoms with van der Waals surface area (Å²) in [6, 6.07) is 34.1. The standard InChI is InChI=1S/C34H28N2O3/c37-33(28-19-9-7-17-26(28)27-18-8-10-20-29(27)34(38)39)36-32(24-14-5-2-6-15-24)30-21-11-16-25(31(30)35-36)22-23-12-3-1-4-13-23/h1-10,12-15,17-20,22,30,32H,11,16,21H2,(H,38,39)/b25-22+/t30-,32-/m0/s1. The van der Waals surface area contributed by atoms with Gasteiger partial charge in [-0.25, -0.2) is 9.80 Å². The van der Waals surface area contributed by atoms with Crippen molar-refractivity contribution in [2.24, 2.45) is 11.0 Å². The molecule has 5 heteroatoms. The van der Waals surface area contributed by atoms with E-state index in [9.17, 15) is 14.7 Å². The van der Waals surface area contributed by atoms with Gasteiger partial charge in [0.2, 0.25) is 0 Å². The minimum Gasteiger partial charge on any atom is -0.478 e. The highest BCUT2D eigenvalue weighted by Gasteiger charge is 2.44. The Balaban J connectivity index is 1.47. The van der Waals surface area contributed by atoms with Crippen LogP contribution in [-0.2, 0) is 0 Å². The molecule has 1 aliphatic carbocycles. The van der Waals surface area contributed by atoms with E-state index in [2.05, 4.69) is 30.3 Å². The Bertz CT molecular complexity index is 1590. The third-order valence-electron chi connectivity index (χ3n) is 7.60. The molecule has 192 valence electrons. The molecule has 5 nitrogen and oxygen atoms in total. The molecule has 1 aliphatic heterocycles. The summed E-state index contributed by atoms with van der Waals surface area (Å²) in [4.78, 5) is 26.4. The monoisotopic (exact) mass is 512 g/mol. The fraction of sp³-hybridized carbons (Fsp3) is 0.147. The number of amides is 1. The predicted octanol–water partition coefficient (Wildman–Crippen LogP) is 7.49. The smallest absolute Gasteiger partial charge is 0.336 e. The molecule has 2 atom stereocenters. The molecule has 0 saturated heterocycles. The molecule has 1 amide bonds. The molecule has 0 unspecified atom stereocenters. The van der Waals surface area contributed by atoms with Gasteiger partial charge in [0.25, 0.3) is 5.91 Å². The Morgan fingerprint density at radius 1 is 0.769 bits per heavy atom. The third-order valence-corrected chi connectivity index (χ3v) is 7.60. The molecule has 1 saturated carbocycles. The molecular formula is C34H28N2O3. The fourth-order valence-corrected chi connectivity index (χ4v) is 5.83. The topological polar surface area (TPSA) is 70.0 Å². The highest BCUT2D eigenvalue weighted by atomic mass is 16.4. The van der Waals surface area contributed by atoms with Gasteiger partial charge in [0.1, 0.15) is 0 Å². The maximum absolute atomic E-state index is 14.4. The second-order valence-corrected chi connectivity index (χ2v) is 9.97. The average Bonchev–Trinajstić information content (AvgIpc) is 3.38. The number of hydrazone groups is 1. The van der Waals surface area contributed by atoms with Crippen LogP contribution in [0.2, 0.25) is 0 Å². The summed E-state index contributed by atoms with van der Waals surface area (Å²) in [5, 5.41) is 16.5. The lowest BCUT2D eigenvalue weighted by molar-refractivity contribution is 0.0676. The first-order valence-corrected chi connectivity index (χ1v) is 13.3. The van der Waals surface area contributed by atoms with Crippen molar-refractivity contribution < 1.29 is 14.7 Å². The quantitative estimate of drug-likeness (QED) is 0.301.